The Morgan fingerprint density at radius 1 is 0.960 bits per heavy atom. The van der Waals surface area contributed by atoms with E-state index in [0.29, 0.717) is 0 Å². The van der Waals surface area contributed by atoms with Crippen LogP contribution in [0.25, 0.3) is 16.5 Å². The molecule has 0 aliphatic heterocycles. The molecule has 0 radical (unpaired) electrons. The summed E-state index contributed by atoms with van der Waals surface area (Å²) in [5, 5.41) is 2.60. The Kier molecular flexibility index (Phi) is 10.5. The number of hydrogen-bond acceptors (Lipinski definition) is 0. The van der Waals surface area contributed by atoms with Crippen molar-refractivity contribution in [3.8, 4) is 5.69 Å². The standard InChI is InChI=1S/C13H10N.C8H11.2ClH.Hf/c1-2-6-12-10-13(9-11(12)5-1)14-7-3-4-8-14;1-6-4-5-7(2)8(6)3;;;/h1-10H;4H2,1-3H3;2*1H;/q2*-1;;;+4/p-2. The van der Waals surface area contributed by atoms with Gasteiger partial charge in [-0.05, 0) is 17.8 Å². The Bertz CT molecular complexity index is 803. The Morgan fingerprint density at radius 2 is 1.60 bits per heavy atom. The van der Waals surface area contributed by atoms with Gasteiger partial charge in [-0.3, -0.25) is 6.08 Å². The largest absolute Gasteiger partial charge is 4.00 e. The Hall–Kier alpha value is -0.960. The SMILES string of the molecule is CC1=[C-]CC(C)=C1C.[Cl-].[Cl-].[Hf+4].c1ccc2[cH-]c(-n3cccc3)cc2c1. The molecule has 1 aliphatic rings. The summed E-state index contributed by atoms with van der Waals surface area (Å²) in [6.45, 7) is 6.44. The Balaban J connectivity index is 0.000000462. The van der Waals surface area contributed by atoms with Crippen LogP contribution in [0, 0.1) is 6.08 Å². The molecule has 1 heterocycles. The minimum absolute atomic E-state index is 0. The molecule has 0 unspecified atom stereocenters. The predicted molar refractivity (Wildman–Crippen MR) is 94.3 cm³/mol. The fourth-order valence-corrected chi connectivity index (χ4v) is 2.64. The topological polar surface area (TPSA) is 4.93 Å². The van der Waals surface area contributed by atoms with Crippen LogP contribution in [0.4, 0.5) is 0 Å². The molecule has 0 spiro atoms. The van der Waals surface area contributed by atoms with E-state index in [2.05, 4.69) is 80.2 Å². The summed E-state index contributed by atoms with van der Waals surface area (Å²) in [7, 11) is 0. The zero-order chi connectivity index (χ0) is 15.5. The van der Waals surface area contributed by atoms with Crippen LogP contribution in [0.2, 0.25) is 0 Å². The zero-order valence-electron chi connectivity index (χ0n) is 14.7. The van der Waals surface area contributed by atoms with Crippen molar-refractivity contribution in [2.45, 2.75) is 27.2 Å². The molecule has 1 nitrogen and oxygen atoms in total. The maximum Gasteiger partial charge on any atom is 4.00 e. The van der Waals surface area contributed by atoms with Gasteiger partial charge < -0.3 is 29.4 Å². The van der Waals surface area contributed by atoms with Crippen LogP contribution >= 0.6 is 0 Å². The Morgan fingerprint density at radius 3 is 2.08 bits per heavy atom. The molecule has 0 saturated carbocycles. The smallest absolute Gasteiger partial charge is 1.00 e. The van der Waals surface area contributed by atoms with Crippen LogP contribution in [-0.2, 0) is 25.8 Å². The minimum Gasteiger partial charge on any atom is -1.00 e. The number of aromatic nitrogens is 1. The van der Waals surface area contributed by atoms with Crippen LogP contribution < -0.4 is 24.8 Å². The third-order valence-corrected chi connectivity index (χ3v) is 4.33. The molecule has 0 N–H and O–H groups in total. The molecule has 0 bridgehead atoms. The summed E-state index contributed by atoms with van der Waals surface area (Å²) in [4.78, 5) is 0. The van der Waals surface area contributed by atoms with Crippen molar-refractivity contribution in [1.82, 2.24) is 4.57 Å². The van der Waals surface area contributed by atoms with Gasteiger partial charge >= 0.3 is 25.8 Å². The first-order chi connectivity index (χ1) is 10.6. The second kappa shape index (κ2) is 10.9. The summed E-state index contributed by atoms with van der Waals surface area (Å²) in [5.74, 6) is 0. The average Bonchev–Trinajstić information content (AvgIpc) is 3.24. The van der Waals surface area contributed by atoms with Crippen LogP contribution in [0.15, 0.2) is 77.6 Å². The van der Waals surface area contributed by atoms with Gasteiger partial charge in [0.05, 0.1) is 0 Å². The third kappa shape index (κ3) is 5.77. The van der Waals surface area contributed by atoms with E-state index in [0.717, 1.165) is 6.42 Å². The van der Waals surface area contributed by atoms with Crippen molar-refractivity contribution < 1.29 is 50.7 Å². The van der Waals surface area contributed by atoms with E-state index in [1.807, 2.05) is 12.1 Å². The Labute approximate surface area is 181 Å². The van der Waals surface area contributed by atoms with Gasteiger partial charge in [0.1, 0.15) is 0 Å². The summed E-state index contributed by atoms with van der Waals surface area (Å²) < 4.78 is 2.12. The van der Waals surface area contributed by atoms with Crippen molar-refractivity contribution in [3.05, 3.63) is 83.7 Å². The maximum atomic E-state index is 3.26. The normalized spacial score (nSPS) is 12.4. The van der Waals surface area contributed by atoms with Gasteiger partial charge in [0.15, 0.2) is 0 Å². The third-order valence-electron chi connectivity index (χ3n) is 4.33. The molecule has 0 atom stereocenters. The van der Waals surface area contributed by atoms with Crippen molar-refractivity contribution in [3.63, 3.8) is 0 Å². The molecule has 0 saturated heterocycles. The van der Waals surface area contributed by atoms with Crippen LogP contribution in [0.3, 0.4) is 0 Å². The van der Waals surface area contributed by atoms with Crippen LogP contribution in [-0.4, -0.2) is 4.57 Å². The predicted octanol–water partition coefficient (Wildman–Crippen LogP) is -0.169. The first kappa shape index (κ1) is 24.0. The zero-order valence-corrected chi connectivity index (χ0v) is 19.8. The molecule has 4 rings (SSSR count). The van der Waals surface area contributed by atoms with E-state index in [9.17, 15) is 0 Å². The summed E-state index contributed by atoms with van der Waals surface area (Å²) in [5.41, 5.74) is 5.48. The number of allylic oxidation sites excluding steroid dienone is 4. The minimum atomic E-state index is 0. The molecule has 0 fully saturated rings. The summed E-state index contributed by atoms with van der Waals surface area (Å²) in [6, 6.07) is 16.9. The van der Waals surface area contributed by atoms with E-state index in [-0.39, 0.29) is 50.7 Å². The van der Waals surface area contributed by atoms with E-state index in [4.69, 9.17) is 0 Å². The number of halogens is 2. The van der Waals surface area contributed by atoms with Crippen molar-refractivity contribution >= 4 is 10.8 Å². The average molecular weight is 537 g/mol. The van der Waals surface area contributed by atoms with Gasteiger partial charge in [-0.25, -0.2) is 5.57 Å². The monoisotopic (exact) mass is 537 g/mol. The van der Waals surface area contributed by atoms with Gasteiger partial charge in [-0.1, -0.05) is 19.9 Å². The molecule has 128 valence electrons. The van der Waals surface area contributed by atoms with Gasteiger partial charge in [0.2, 0.25) is 0 Å². The van der Waals surface area contributed by atoms with Gasteiger partial charge in [-0.2, -0.15) is 11.1 Å². The molecule has 25 heavy (non-hydrogen) atoms. The quantitative estimate of drug-likeness (QED) is 0.301. The number of fused-ring (bicyclic) bond motifs is 1. The van der Waals surface area contributed by atoms with E-state index in [1.54, 1.807) is 0 Å². The molecule has 0 amide bonds. The van der Waals surface area contributed by atoms with Gasteiger partial charge in [0, 0.05) is 12.4 Å². The fourth-order valence-electron chi connectivity index (χ4n) is 2.64. The van der Waals surface area contributed by atoms with E-state index in [1.165, 1.54) is 33.2 Å². The molecule has 3 aromatic rings. The van der Waals surface area contributed by atoms with Gasteiger partial charge in [-0.15, -0.1) is 54.4 Å². The van der Waals surface area contributed by atoms with Crippen molar-refractivity contribution in [2.24, 2.45) is 0 Å². The van der Waals surface area contributed by atoms with E-state index >= 15 is 0 Å². The first-order valence-corrected chi connectivity index (χ1v) is 7.68. The molecular formula is C21H21Cl2HfN. The van der Waals surface area contributed by atoms with Crippen molar-refractivity contribution in [1.29, 1.82) is 0 Å². The van der Waals surface area contributed by atoms with Crippen LogP contribution in [0.5, 0.6) is 0 Å². The van der Waals surface area contributed by atoms with Crippen LogP contribution in [0.1, 0.15) is 27.2 Å². The summed E-state index contributed by atoms with van der Waals surface area (Å²) in [6.07, 6.45) is 8.44. The van der Waals surface area contributed by atoms with Gasteiger partial charge in [0.25, 0.3) is 0 Å². The maximum absolute atomic E-state index is 3.26. The fraction of sp³-hybridized carbons (Fsp3) is 0.190. The second-order valence-corrected chi connectivity index (χ2v) is 5.82. The number of nitrogens with zero attached hydrogens (tertiary/aromatic N) is 1. The number of hydrogen-bond donors (Lipinski definition) is 0. The second-order valence-electron chi connectivity index (χ2n) is 5.82. The van der Waals surface area contributed by atoms with Crippen molar-refractivity contribution in [2.75, 3.05) is 0 Å². The summed E-state index contributed by atoms with van der Waals surface area (Å²) >= 11 is 0. The first-order valence-electron chi connectivity index (χ1n) is 7.68. The molecule has 1 aromatic heterocycles. The molecular weight excluding hydrogens is 516 g/mol. The number of rotatable bonds is 1. The number of benzene rings is 1. The molecule has 4 heteroatoms. The van der Waals surface area contributed by atoms with E-state index < -0.39 is 0 Å². The molecule has 1 aliphatic carbocycles. The molecule has 2 aromatic carbocycles.